The summed E-state index contributed by atoms with van der Waals surface area (Å²) in [6.45, 7) is 1.87. The van der Waals surface area contributed by atoms with E-state index in [1.54, 1.807) is 31.3 Å². The van der Waals surface area contributed by atoms with Crippen LogP contribution in [0.3, 0.4) is 0 Å². The van der Waals surface area contributed by atoms with Gasteiger partial charge in [-0.2, -0.15) is 0 Å². The van der Waals surface area contributed by atoms with Gasteiger partial charge in [-0.1, -0.05) is 30.7 Å². The van der Waals surface area contributed by atoms with E-state index in [9.17, 15) is 9.59 Å². The second-order valence-electron chi connectivity index (χ2n) is 4.10. The summed E-state index contributed by atoms with van der Waals surface area (Å²) in [5.41, 5.74) is 1.08. The Hall–Kier alpha value is -2.01. The van der Waals surface area contributed by atoms with Crippen molar-refractivity contribution >= 4 is 23.2 Å². The van der Waals surface area contributed by atoms with E-state index in [4.69, 9.17) is 11.6 Å². The van der Waals surface area contributed by atoms with Gasteiger partial charge in [0.1, 0.15) is 5.69 Å². The van der Waals surface area contributed by atoms with Gasteiger partial charge >= 0.3 is 5.69 Å². The fourth-order valence-electron chi connectivity index (χ4n) is 1.87. The van der Waals surface area contributed by atoms with Crippen molar-refractivity contribution in [1.29, 1.82) is 0 Å². The minimum atomic E-state index is -0.382. The van der Waals surface area contributed by atoms with Crippen molar-refractivity contribution in [2.24, 2.45) is 0 Å². The number of aromatic amines is 2. The predicted octanol–water partition coefficient (Wildman–Crippen LogP) is 2.20. The summed E-state index contributed by atoms with van der Waals surface area (Å²) >= 11 is 6.06. The molecule has 1 amide bonds. The van der Waals surface area contributed by atoms with Gasteiger partial charge in [0.15, 0.2) is 0 Å². The number of hydrogen-bond donors (Lipinski definition) is 2. The van der Waals surface area contributed by atoms with Crippen LogP contribution in [-0.2, 0) is 6.42 Å². The Bertz CT molecular complexity index is 660. The van der Waals surface area contributed by atoms with E-state index >= 15 is 0 Å². The fourth-order valence-corrected chi connectivity index (χ4v) is 2.13. The lowest BCUT2D eigenvalue weighted by molar-refractivity contribution is 0.0987. The summed E-state index contributed by atoms with van der Waals surface area (Å²) in [6.07, 6.45) is 0.566. The van der Waals surface area contributed by atoms with Crippen LogP contribution in [0.25, 0.3) is 0 Å². The van der Waals surface area contributed by atoms with Gasteiger partial charge in [-0.3, -0.25) is 4.79 Å². The molecule has 0 aliphatic rings. The van der Waals surface area contributed by atoms with Crippen LogP contribution < -0.4 is 10.6 Å². The van der Waals surface area contributed by atoms with Crippen LogP contribution in [0.5, 0.6) is 0 Å². The molecule has 2 N–H and O–H groups in total. The van der Waals surface area contributed by atoms with Gasteiger partial charge in [0, 0.05) is 12.7 Å². The van der Waals surface area contributed by atoms with Crippen LogP contribution in [0, 0.1) is 0 Å². The number of nitrogens with zero attached hydrogens (tertiary/aromatic N) is 1. The highest BCUT2D eigenvalue weighted by atomic mass is 35.5. The Morgan fingerprint density at radius 2 is 2.00 bits per heavy atom. The van der Waals surface area contributed by atoms with Gasteiger partial charge < -0.3 is 14.9 Å². The molecule has 2 aromatic rings. The molecule has 1 aromatic heterocycles. The van der Waals surface area contributed by atoms with E-state index in [0.717, 1.165) is 0 Å². The third kappa shape index (κ3) is 2.56. The topological polar surface area (TPSA) is 69.0 Å². The minimum Gasteiger partial charge on any atom is -0.309 e. The maximum atomic E-state index is 12.4. The number of para-hydroxylation sites is 1. The predicted molar refractivity (Wildman–Crippen MR) is 75.0 cm³/mol. The SMILES string of the molecule is CCc1[nH]c(=O)[nH]c1C(=O)N(C)c1ccccc1Cl. The second kappa shape index (κ2) is 5.32. The van der Waals surface area contributed by atoms with Crippen LogP contribution in [0.4, 0.5) is 5.69 Å². The van der Waals surface area contributed by atoms with E-state index < -0.39 is 0 Å². The number of H-pyrrole nitrogens is 2. The molecule has 0 aliphatic carbocycles. The molecule has 0 atom stereocenters. The molecule has 0 fully saturated rings. The number of nitrogens with one attached hydrogen (secondary N) is 2. The van der Waals surface area contributed by atoms with E-state index in [1.807, 2.05) is 6.92 Å². The number of benzene rings is 1. The minimum absolute atomic E-state index is 0.273. The largest absolute Gasteiger partial charge is 0.323 e. The Balaban J connectivity index is 2.39. The summed E-state index contributed by atoms with van der Waals surface area (Å²) in [5, 5.41) is 0.481. The Morgan fingerprint density at radius 1 is 1.32 bits per heavy atom. The van der Waals surface area contributed by atoms with Gasteiger partial charge in [0.05, 0.1) is 10.7 Å². The number of halogens is 1. The zero-order valence-corrected chi connectivity index (χ0v) is 11.4. The van der Waals surface area contributed by atoms with E-state index in [1.165, 1.54) is 4.90 Å². The first-order valence-electron chi connectivity index (χ1n) is 5.88. The zero-order valence-electron chi connectivity index (χ0n) is 10.7. The average molecular weight is 280 g/mol. The summed E-state index contributed by atoms with van der Waals surface area (Å²) in [7, 11) is 1.62. The summed E-state index contributed by atoms with van der Waals surface area (Å²) < 4.78 is 0. The molecule has 19 heavy (non-hydrogen) atoms. The molecule has 5 nitrogen and oxygen atoms in total. The van der Waals surface area contributed by atoms with Gasteiger partial charge in [-0.25, -0.2) is 4.79 Å². The molecule has 0 spiro atoms. The zero-order chi connectivity index (χ0) is 14.0. The highest BCUT2D eigenvalue weighted by Crippen LogP contribution is 2.25. The van der Waals surface area contributed by atoms with Crippen molar-refractivity contribution in [2.45, 2.75) is 13.3 Å². The Morgan fingerprint density at radius 3 is 2.63 bits per heavy atom. The second-order valence-corrected chi connectivity index (χ2v) is 4.51. The molecule has 6 heteroatoms. The molecule has 100 valence electrons. The van der Waals surface area contributed by atoms with Crippen LogP contribution in [0.1, 0.15) is 23.1 Å². The first kappa shape index (κ1) is 13.4. The van der Waals surface area contributed by atoms with Gasteiger partial charge in [0.25, 0.3) is 5.91 Å². The van der Waals surface area contributed by atoms with Crippen LogP contribution >= 0.6 is 11.6 Å². The maximum Gasteiger partial charge on any atom is 0.323 e. The van der Waals surface area contributed by atoms with Crippen molar-refractivity contribution in [3.63, 3.8) is 0 Å². The number of hydrogen-bond acceptors (Lipinski definition) is 2. The van der Waals surface area contributed by atoms with Gasteiger partial charge in [0.2, 0.25) is 0 Å². The number of aromatic nitrogens is 2. The van der Waals surface area contributed by atoms with Crippen molar-refractivity contribution in [3.8, 4) is 0 Å². The maximum absolute atomic E-state index is 12.4. The number of rotatable bonds is 3. The van der Waals surface area contributed by atoms with E-state index in [-0.39, 0.29) is 17.3 Å². The summed E-state index contributed by atoms with van der Waals surface area (Å²) in [5.74, 6) is -0.302. The lowest BCUT2D eigenvalue weighted by Crippen LogP contribution is -2.28. The molecule has 0 saturated carbocycles. The lowest BCUT2D eigenvalue weighted by atomic mass is 10.2. The highest BCUT2D eigenvalue weighted by molar-refractivity contribution is 6.34. The van der Waals surface area contributed by atoms with Gasteiger partial charge in [-0.05, 0) is 18.6 Å². The lowest BCUT2D eigenvalue weighted by Gasteiger charge is -2.18. The quantitative estimate of drug-likeness (QED) is 0.904. The normalized spacial score (nSPS) is 10.5. The molecule has 0 aliphatic heterocycles. The number of carbonyl (C=O) groups is 1. The third-order valence-electron chi connectivity index (χ3n) is 2.89. The average Bonchev–Trinajstić information content (AvgIpc) is 2.79. The molecule has 0 unspecified atom stereocenters. The van der Waals surface area contributed by atoms with Crippen LogP contribution in [0.15, 0.2) is 29.1 Å². The molecule has 0 radical (unpaired) electrons. The molecule has 2 rings (SSSR count). The molecule has 0 saturated heterocycles. The monoisotopic (exact) mass is 279 g/mol. The number of imidazole rings is 1. The van der Waals surface area contributed by atoms with Crippen molar-refractivity contribution in [1.82, 2.24) is 9.97 Å². The number of carbonyl (C=O) groups excluding carboxylic acids is 1. The first-order chi connectivity index (χ1) is 9.04. The summed E-state index contributed by atoms with van der Waals surface area (Å²) in [6, 6.07) is 7.04. The molecule has 1 heterocycles. The first-order valence-corrected chi connectivity index (χ1v) is 6.26. The van der Waals surface area contributed by atoms with Gasteiger partial charge in [-0.15, -0.1) is 0 Å². The number of aryl methyl sites for hydroxylation is 1. The molecular formula is C13H14ClN3O2. The number of anilines is 1. The van der Waals surface area contributed by atoms with Crippen molar-refractivity contribution in [2.75, 3.05) is 11.9 Å². The van der Waals surface area contributed by atoms with E-state index in [0.29, 0.717) is 22.8 Å². The fraction of sp³-hybridized carbons (Fsp3) is 0.231. The highest BCUT2D eigenvalue weighted by Gasteiger charge is 2.20. The molecular weight excluding hydrogens is 266 g/mol. The Labute approximate surface area is 115 Å². The summed E-state index contributed by atoms with van der Waals surface area (Å²) in [4.78, 5) is 30.2. The molecule has 0 bridgehead atoms. The third-order valence-corrected chi connectivity index (χ3v) is 3.21. The smallest absolute Gasteiger partial charge is 0.309 e. The standard InChI is InChI=1S/C13H14ClN3O2/c1-3-9-11(16-13(19)15-9)12(18)17(2)10-7-5-4-6-8(10)14/h4-7H,3H2,1-2H3,(H2,15,16,19). The van der Waals surface area contributed by atoms with E-state index in [2.05, 4.69) is 9.97 Å². The number of amides is 1. The Kier molecular flexibility index (Phi) is 3.76. The van der Waals surface area contributed by atoms with Crippen LogP contribution in [0.2, 0.25) is 5.02 Å². The van der Waals surface area contributed by atoms with Crippen molar-refractivity contribution < 1.29 is 4.79 Å². The van der Waals surface area contributed by atoms with Crippen molar-refractivity contribution in [3.05, 3.63) is 51.2 Å². The molecule has 1 aromatic carbocycles. The van der Waals surface area contributed by atoms with Crippen LogP contribution in [-0.4, -0.2) is 22.9 Å².